The lowest BCUT2D eigenvalue weighted by molar-refractivity contribution is -0.116. The van der Waals surface area contributed by atoms with Crippen LogP contribution < -0.4 is 15.6 Å². The van der Waals surface area contributed by atoms with Gasteiger partial charge in [0.25, 0.3) is 0 Å². The van der Waals surface area contributed by atoms with Crippen LogP contribution in [0.2, 0.25) is 5.02 Å². The minimum absolute atomic E-state index is 0.201. The van der Waals surface area contributed by atoms with E-state index in [9.17, 15) is 4.79 Å². The predicted octanol–water partition coefficient (Wildman–Crippen LogP) is 3.93. The van der Waals surface area contributed by atoms with E-state index in [4.69, 9.17) is 16.6 Å². The first-order valence-electron chi connectivity index (χ1n) is 10.2. The number of Topliss-reactive ketones (excluding diaryl/α,β-unsaturated/α-hetero) is 1. The summed E-state index contributed by atoms with van der Waals surface area (Å²) in [4.78, 5) is 19.9. The lowest BCUT2D eigenvalue weighted by atomic mass is 9.85. The number of ketones is 1. The summed E-state index contributed by atoms with van der Waals surface area (Å²) in [5.41, 5.74) is 8.39. The molecule has 0 saturated carbocycles. The number of guanidine groups is 1. The van der Waals surface area contributed by atoms with Gasteiger partial charge in [-0.3, -0.25) is 9.80 Å². The van der Waals surface area contributed by atoms with Gasteiger partial charge < -0.3 is 10.2 Å². The summed E-state index contributed by atoms with van der Waals surface area (Å²) in [7, 11) is 4.04. The number of carbonyl (C=O) groups excluding carboxylic acids is 1. The molecule has 7 heteroatoms. The first kappa shape index (κ1) is 19.2. The third-order valence-corrected chi connectivity index (χ3v) is 6.26. The van der Waals surface area contributed by atoms with Crippen LogP contribution in [0.1, 0.15) is 42.6 Å². The molecule has 0 spiro atoms. The molecule has 0 radical (unpaired) electrons. The smallest absolute Gasteiger partial charge is 0.215 e. The Labute approximate surface area is 181 Å². The summed E-state index contributed by atoms with van der Waals surface area (Å²) in [5, 5.41) is 6.07. The van der Waals surface area contributed by atoms with Gasteiger partial charge in [-0.15, -0.1) is 0 Å². The van der Waals surface area contributed by atoms with Gasteiger partial charge in [0, 0.05) is 48.1 Å². The number of nitrogens with one attached hydrogen (secondary N) is 2. The SMILES string of the molecule is CN(C)c1ccc([C@@H]2C3=C(CCCC3=O)NC3=N[C@@H](c4ccccc4Cl)NN32)cc1. The van der Waals surface area contributed by atoms with Crippen LogP contribution in [0.25, 0.3) is 0 Å². The number of hydrogen-bond acceptors (Lipinski definition) is 6. The Morgan fingerprint density at radius 1 is 1.10 bits per heavy atom. The molecule has 0 saturated heterocycles. The molecule has 0 fully saturated rings. The fourth-order valence-electron chi connectivity index (χ4n) is 4.38. The Hall–Kier alpha value is -2.83. The molecule has 0 bridgehead atoms. The number of benzene rings is 2. The van der Waals surface area contributed by atoms with Gasteiger partial charge in [0.15, 0.2) is 5.78 Å². The van der Waals surface area contributed by atoms with E-state index in [-0.39, 0.29) is 18.0 Å². The fraction of sp³-hybridized carbons (Fsp3) is 0.304. The number of allylic oxidation sites excluding steroid dienone is 1. The lowest BCUT2D eigenvalue weighted by Crippen LogP contribution is -2.52. The van der Waals surface area contributed by atoms with E-state index in [0.717, 1.165) is 46.9 Å². The van der Waals surface area contributed by atoms with Crippen LogP contribution in [-0.2, 0) is 4.79 Å². The Balaban J connectivity index is 1.57. The maximum absolute atomic E-state index is 13.0. The zero-order chi connectivity index (χ0) is 20.8. The van der Waals surface area contributed by atoms with Crippen LogP contribution in [0.3, 0.4) is 0 Å². The fourth-order valence-corrected chi connectivity index (χ4v) is 4.62. The van der Waals surface area contributed by atoms with E-state index in [1.807, 2.05) is 43.4 Å². The molecule has 2 heterocycles. The first-order valence-corrected chi connectivity index (χ1v) is 10.6. The molecule has 6 nitrogen and oxygen atoms in total. The van der Waals surface area contributed by atoms with Crippen LogP contribution >= 0.6 is 11.6 Å². The molecule has 2 aromatic rings. The normalized spacial score (nSPS) is 23.0. The molecule has 0 amide bonds. The van der Waals surface area contributed by atoms with Crippen molar-refractivity contribution in [3.8, 4) is 0 Å². The number of hydrogen-bond donors (Lipinski definition) is 2. The highest BCUT2D eigenvalue weighted by Gasteiger charge is 2.43. The van der Waals surface area contributed by atoms with Crippen molar-refractivity contribution < 1.29 is 4.79 Å². The standard InChI is InChI=1S/C23H24ClN5O/c1-28(2)15-12-10-14(11-13-15)21-20-18(8-5-9-19(20)30)25-23-26-22(27-29(21)23)16-6-3-4-7-17(16)24/h3-4,6-7,10-13,21-22,27H,5,8-9H2,1-2H3,(H,25,26)/t21-,22-/m1/s1. The Morgan fingerprint density at radius 3 is 2.60 bits per heavy atom. The molecular formula is C23H24ClN5O. The van der Waals surface area contributed by atoms with Gasteiger partial charge >= 0.3 is 0 Å². The quantitative estimate of drug-likeness (QED) is 0.786. The van der Waals surface area contributed by atoms with E-state index in [0.29, 0.717) is 11.4 Å². The average molecular weight is 422 g/mol. The summed E-state index contributed by atoms with van der Waals surface area (Å²) in [5.74, 6) is 0.933. The number of carbonyl (C=O) groups is 1. The third kappa shape index (κ3) is 3.16. The number of aliphatic imine (C=N–C) groups is 1. The molecule has 0 aromatic heterocycles. The molecular weight excluding hydrogens is 398 g/mol. The number of fused-ring (bicyclic) bond motifs is 1. The average Bonchev–Trinajstić information content (AvgIpc) is 3.16. The Morgan fingerprint density at radius 2 is 1.87 bits per heavy atom. The number of anilines is 1. The summed E-state index contributed by atoms with van der Waals surface area (Å²) in [6.45, 7) is 0. The van der Waals surface area contributed by atoms with Crippen molar-refractivity contribution in [1.82, 2.24) is 15.8 Å². The minimum Gasteiger partial charge on any atom is -0.378 e. The molecule has 154 valence electrons. The number of rotatable bonds is 3. The van der Waals surface area contributed by atoms with Crippen LogP contribution in [0, 0.1) is 0 Å². The molecule has 2 aromatic carbocycles. The Bertz CT molecular complexity index is 1060. The van der Waals surface area contributed by atoms with E-state index in [1.54, 1.807) is 0 Å². The summed E-state index contributed by atoms with van der Waals surface area (Å²) >= 11 is 6.43. The topological polar surface area (TPSA) is 60.0 Å². The largest absolute Gasteiger partial charge is 0.378 e. The number of nitrogens with zero attached hydrogens (tertiary/aromatic N) is 3. The van der Waals surface area contributed by atoms with Gasteiger partial charge in [-0.1, -0.05) is 41.9 Å². The van der Waals surface area contributed by atoms with E-state index in [2.05, 4.69) is 39.9 Å². The van der Waals surface area contributed by atoms with Gasteiger partial charge in [-0.05, 0) is 36.6 Å². The van der Waals surface area contributed by atoms with Crippen LogP contribution in [0.4, 0.5) is 5.69 Å². The highest BCUT2D eigenvalue weighted by atomic mass is 35.5. The zero-order valence-corrected chi connectivity index (χ0v) is 17.8. The van der Waals surface area contributed by atoms with Crippen LogP contribution in [0.15, 0.2) is 64.8 Å². The molecule has 30 heavy (non-hydrogen) atoms. The molecule has 0 unspecified atom stereocenters. The van der Waals surface area contributed by atoms with Crippen molar-refractivity contribution in [2.75, 3.05) is 19.0 Å². The van der Waals surface area contributed by atoms with Crippen molar-refractivity contribution >= 4 is 29.0 Å². The summed E-state index contributed by atoms with van der Waals surface area (Å²) in [6.07, 6.45) is 2.00. The minimum atomic E-state index is -0.304. The zero-order valence-electron chi connectivity index (χ0n) is 17.0. The van der Waals surface area contributed by atoms with Crippen molar-refractivity contribution in [3.05, 3.63) is 76.0 Å². The van der Waals surface area contributed by atoms with Crippen molar-refractivity contribution in [2.24, 2.45) is 4.99 Å². The first-order chi connectivity index (χ1) is 14.5. The third-order valence-electron chi connectivity index (χ3n) is 5.92. The van der Waals surface area contributed by atoms with E-state index in [1.165, 1.54) is 0 Å². The summed E-state index contributed by atoms with van der Waals surface area (Å²) in [6, 6.07) is 15.9. The van der Waals surface area contributed by atoms with Crippen molar-refractivity contribution in [2.45, 2.75) is 31.5 Å². The van der Waals surface area contributed by atoms with Crippen molar-refractivity contribution in [1.29, 1.82) is 0 Å². The van der Waals surface area contributed by atoms with Gasteiger partial charge in [-0.25, -0.2) is 10.4 Å². The molecule has 2 N–H and O–H groups in total. The van der Waals surface area contributed by atoms with Gasteiger partial charge in [-0.2, -0.15) is 0 Å². The van der Waals surface area contributed by atoms with Crippen LogP contribution in [-0.4, -0.2) is 30.8 Å². The maximum Gasteiger partial charge on any atom is 0.215 e. The predicted molar refractivity (Wildman–Crippen MR) is 119 cm³/mol. The van der Waals surface area contributed by atoms with Crippen LogP contribution in [0.5, 0.6) is 0 Å². The highest BCUT2D eigenvalue weighted by molar-refractivity contribution is 6.31. The number of hydrazine groups is 1. The lowest BCUT2D eigenvalue weighted by Gasteiger charge is -2.39. The molecule has 3 aliphatic rings. The second kappa shape index (κ2) is 7.45. The second-order valence-corrected chi connectivity index (χ2v) is 8.47. The second-order valence-electron chi connectivity index (χ2n) is 8.06. The van der Waals surface area contributed by atoms with Crippen molar-refractivity contribution in [3.63, 3.8) is 0 Å². The van der Waals surface area contributed by atoms with Gasteiger partial charge in [0.05, 0.1) is 0 Å². The number of halogens is 1. The van der Waals surface area contributed by atoms with E-state index < -0.39 is 0 Å². The highest BCUT2D eigenvalue weighted by Crippen LogP contribution is 2.41. The summed E-state index contributed by atoms with van der Waals surface area (Å²) < 4.78 is 0. The van der Waals surface area contributed by atoms with E-state index >= 15 is 0 Å². The molecule has 2 atom stereocenters. The molecule has 2 aliphatic heterocycles. The monoisotopic (exact) mass is 421 g/mol. The molecule has 1 aliphatic carbocycles. The molecule has 5 rings (SSSR count). The Kier molecular flexibility index (Phi) is 4.76. The van der Waals surface area contributed by atoms with Gasteiger partial charge in [0.2, 0.25) is 5.96 Å². The maximum atomic E-state index is 13.0. The van der Waals surface area contributed by atoms with Gasteiger partial charge in [0.1, 0.15) is 12.2 Å².